The van der Waals surface area contributed by atoms with E-state index in [0.29, 0.717) is 12.2 Å². The largest absolute Gasteiger partial charge is 0.462 e. The van der Waals surface area contributed by atoms with Gasteiger partial charge in [0.25, 0.3) is 5.91 Å². The lowest BCUT2D eigenvalue weighted by Crippen LogP contribution is -2.20. The monoisotopic (exact) mass is 435 g/mol. The standard InChI is InChI=1S/C22H21N5O5/c1-4-32-22(29)16-7-5-8-18(12-16)26-14(2)11-17(15(26)3)13-24-25-21(28)20-19(27(30)31)9-6-10-23-20/h5-13H,4H2,1-3H3,(H,25,28)/b24-13+. The van der Waals surface area contributed by atoms with E-state index in [0.717, 1.165) is 22.6 Å². The first-order valence-corrected chi connectivity index (χ1v) is 9.72. The van der Waals surface area contributed by atoms with Crippen LogP contribution >= 0.6 is 0 Å². The number of carbonyl (C=O) groups is 2. The van der Waals surface area contributed by atoms with Gasteiger partial charge in [0.1, 0.15) is 0 Å². The highest BCUT2D eigenvalue weighted by Gasteiger charge is 2.20. The van der Waals surface area contributed by atoms with Crippen LogP contribution in [0.5, 0.6) is 0 Å². The van der Waals surface area contributed by atoms with Crippen LogP contribution in [-0.4, -0.2) is 39.2 Å². The number of carbonyl (C=O) groups excluding carboxylic acids is 2. The van der Waals surface area contributed by atoms with Crippen LogP contribution in [-0.2, 0) is 4.74 Å². The Labute approximate surface area is 183 Å². The molecule has 0 saturated heterocycles. The molecule has 10 heteroatoms. The molecule has 0 spiro atoms. The molecule has 0 fully saturated rings. The fraction of sp³-hybridized carbons (Fsp3) is 0.182. The predicted octanol–water partition coefficient (Wildman–Crippen LogP) is 3.34. The minimum absolute atomic E-state index is 0.290. The lowest BCUT2D eigenvalue weighted by atomic mass is 10.2. The third-order valence-corrected chi connectivity index (χ3v) is 4.65. The van der Waals surface area contributed by atoms with Crippen molar-refractivity contribution in [3.8, 4) is 5.69 Å². The average Bonchev–Trinajstić information content (AvgIpc) is 3.06. The van der Waals surface area contributed by atoms with Crippen LogP contribution in [0.3, 0.4) is 0 Å². The molecule has 2 aromatic heterocycles. The number of nitro groups is 1. The Kier molecular flexibility index (Phi) is 6.74. The van der Waals surface area contributed by atoms with Crippen LogP contribution in [0.2, 0.25) is 0 Å². The number of hydrogen-bond acceptors (Lipinski definition) is 7. The zero-order chi connectivity index (χ0) is 23.3. The molecule has 0 radical (unpaired) electrons. The minimum atomic E-state index is -0.788. The van der Waals surface area contributed by atoms with Crippen molar-refractivity contribution in [3.63, 3.8) is 0 Å². The van der Waals surface area contributed by atoms with Crippen molar-refractivity contribution < 1.29 is 19.2 Å². The van der Waals surface area contributed by atoms with E-state index in [1.807, 2.05) is 30.5 Å². The molecule has 164 valence electrons. The van der Waals surface area contributed by atoms with Crippen molar-refractivity contribution in [2.24, 2.45) is 5.10 Å². The second-order valence-electron chi connectivity index (χ2n) is 6.76. The summed E-state index contributed by atoms with van der Waals surface area (Å²) in [5.74, 6) is -1.19. The van der Waals surface area contributed by atoms with Crippen molar-refractivity contribution in [1.82, 2.24) is 15.0 Å². The van der Waals surface area contributed by atoms with E-state index in [9.17, 15) is 19.7 Å². The van der Waals surface area contributed by atoms with Crippen molar-refractivity contribution in [2.45, 2.75) is 20.8 Å². The van der Waals surface area contributed by atoms with Gasteiger partial charge in [0.05, 0.1) is 23.3 Å². The summed E-state index contributed by atoms with van der Waals surface area (Å²) < 4.78 is 7.00. The van der Waals surface area contributed by atoms with Gasteiger partial charge in [-0.3, -0.25) is 14.9 Å². The van der Waals surface area contributed by atoms with Crippen molar-refractivity contribution in [3.05, 3.63) is 87.0 Å². The molecule has 0 aliphatic heterocycles. The van der Waals surface area contributed by atoms with Crippen LogP contribution in [0.25, 0.3) is 5.69 Å². The first kappa shape index (κ1) is 22.3. The third kappa shape index (κ3) is 4.69. The van der Waals surface area contributed by atoms with Gasteiger partial charge in [-0.15, -0.1) is 0 Å². The molecule has 2 heterocycles. The summed E-state index contributed by atoms with van der Waals surface area (Å²) in [5.41, 5.74) is 5.19. The zero-order valence-corrected chi connectivity index (χ0v) is 17.7. The molecule has 3 aromatic rings. The van der Waals surface area contributed by atoms with Gasteiger partial charge in [0.2, 0.25) is 5.69 Å². The maximum absolute atomic E-state index is 12.3. The molecular formula is C22H21N5O5. The van der Waals surface area contributed by atoms with E-state index < -0.39 is 22.5 Å². The van der Waals surface area contributed by atoms with E-state index in [-0.39, 0.29) is 5.69 Å². The number of rotatable bonds is 7. The van der Waals surface area contributed by atoms with Gasteiger partial charge < -0.3 is 9.30 Å². The van der Waals surface area contributed by atoms with Gasteiger partial charge in [0, 0.05) is 34.9 Å². The second kappa shape index (κ2) is 9.65. The molecule has 0 bridgehead atoms. The number of benzene rings is 1. The third-order valence-electron chi connectivity index (χ3n) is 4.65. The molecule has 1 N–H and O–H groups in total. The SMILES string of the molecule is CCOC(=O)c1cccc(-n2c(C)cc(/C=N/NC(=O)c3ncccc3[N+](=O)[O-])c2C)c1. The number of aromatic nitrogens is 2. The van der Waals surface area contributed by atoms with Gasteiger partial charge in [0.15, 0.2) is 0 Å². The lowest BCUT2D eigenvalue weighted by molar-refractivity contribution is -0.385. The molecule has 3 rings (SSSR count). The molecule has 0 aliphatic carbocycles. The van der Waals surface area contributed by atoms with Gasteiger partial charge in [-0.1, -0.05) is 6.07 Å². The minimum Gasteiger partial charge on any atom is -0.462 e. The number of hydrazone groups is 1. The number of esters is 1. The maximum Gasteiger partial charge on any atom is 0.338 e. The summed E-state index contributed by atoms with van der Waals surface area (Å²) in [7, 11) is 0. The molecule has 32 heavy (non-hydrogen) atoms. The van der Waals surface area contributed by atoms with E-state index in [2.05, 4.69) is 15.5 Å². The molecule has 0 atom stereocenters. The van der Waals surface area contributed by atoms with Crippen molar-refractivity contribution in [1.29, 1.82) is 0 Å². The summed E-state index contributed by atoms with van der Waals surface area (Å²) >= 11 is 0. The van der Waals surface area contributed by atoms with Crippen molar-refractivity contribution >= 4 is 23.8 Å². The summed E-state index contributed by atoms with van der Waals surface area (Å²) in [4.78, 5) is 38.5. The number of pyridine rings is 1. The number of nitrogens with zero attached hydrogens (tertiary/aromatic N) is 4. The average molecular weight is 435 g/mol. The number of aryl methyl sites for hydroxylation is 1. The maximum atomic E-state index is 12.3. The van der Waals surface area contributed by atoms with Crippen molar-refractivity contribution in [2.75, 3.05) is 6.61 Å². The first-order chi connectivity index (χ1) is 15.3. The molecule has 1 amide bonds. The Hall–Kier alpha value is -4.34. The Morgan fingerprint density at radius 2 is 2.03 bits per heavy atom. The number of amides is 1. The van der Waals surface area contributed by atoms with Crippen LogP contribution in [0.4, 0.5) is 5.69 Å². The van der Waals surface area contributed by atoms with E-state index >= 15 is 0 Å². The van der Waals surface area contributed by atoms with Gasteiger partial charge in [-0.05, 0) is 51.1 Å². The fourth-order valence-corrected chi connectivity index (χ4v) is 3.23. The van der Waals surface area contributed by atoms with E-state index in [1.165, 1.54) is 24.5 Å². The Balaban J connectivity index is 1.82. The summed E-state index contributed by atoms with van der Waals surface area (Å²) in [6.45, 7) is 5.81. The smallest absolute Gasteiger partial charge is 0.338 e. The zero-order valence-electron chi connectivity index (χ0n) is 17.7. The molecular weight excluding hydrogens is 414 g/mol. The molecule has 0 unspecified atom stereocenters. The summed E-state index contributed by atoms with van der Waals surface area (Å²) in [6.07, 6.45) is 2.74. The lowest BCUT2D eigenvalue weighted by Gasteiger charge is -2.11. The Morgan fingerprint density at radius 1 is 1.25 bits per heavy atom. The van der Waals surface area contributed by atoms with E-state index in [4.69, 9.17) is 4.74 Å². The number of ether oxygens (including phenoxy) is 1. The predicted molar refractivity (Wildman–Crippen MR) is 117 cm³/mol. The quantitative estimate of drug-likeness (QED) is 0.262. The van der Waals surface area contributed by atoms with Gasteiger partial charge in [-0.25, -0.2) is 15.2 Å². The molecule has 10 nitrogen and oxygen atoms in total. The van der Waals surface area contributed by atoms with Gasteiger partial charge >= 0.3 is 11.7 Å². The highest BCUT2D eigenvalue weighted by Crippen LogP contribution is 2.21. The first-order valence-electron chi connectivity index (χ1n) is 9.72. The van der Waals surface area contributed by atoms with Crippen LogP contribution in [0.1, 0.15) is 44.7 Å². The van der Waals surface area contributed by atoms with Crippen LogP contribution in [0, 0.1) is 24.0 Å². The molecule has 0 saturated carbocycles. The van der Waals surface area contributed by atoms with Gasteiger partial charge in [-0.2, -0.15) is 5.10 Å². The fourth-order valence-electron chi connectivity index (χ4n) is 3.23. The summed E-state index contributed by atoms with van der Waals surface area (Å²) in [6, 6.07) is 11.5. The Morgan fingerprint density at radius 3 is 2.75 bits per heavy atom. The number of nitrogens with one attached hydrogen (secondary N) is 1. The normalized spacial score (nSPS) is 10.8. The second-order valence-corrected chi connectivity index (χ2v) is 6.76. The number of hydrogen-bond donors (Lipinski definition) is 1. The molecule has 1 aromatic carbocycles. The van der Waals surface area contributed by atoms with Crippen LogP contribution < -0.4 is 5.43 Å². The van der Waals surface area contributed by atoms with Crippen LogP contribution in [0.15, 0.2) is 53.8 Å². The topological polar surface area (TPSA) is 129 Å². The highest BCUT2D eigenvalue weighted by molar-refractivity contribution is 5.96. The summed E-state index contributed by atoms with van der Waals surface area (Å²) in [5, 5.41) is 15.0. The molecule has 0 aliphatic rings. The van der Waals surface area contributed by atoms with E-state index in [1.54, 1.807) is 25.1 Å². The Bertz CT molecular complexity index is 1220. The highest BCUT2D eigenvalue weighted by atomic mass is 16.6.